The standard InChI is InChI=1S/C25H24FN3O2/c1-15-19(4-3-5-20(15)21-10-11-24(30)29-25(21)31)18-8-6-17(7-9-18)14-23-27-13-12-22(28-23)16(2)26/h3-9,12-13,16,21H,10-11,14H2,1-2H3,(H,29,30,31). The van der Waals surface area contributed by atoms with Gasteiger partial charge >= 0.3 is 0 Å². The smallest absolute Gasteiger partial charge is 0.234 e. The van der Waals surface area contributed by atoms with Crippen molar-refractivity contribution in [2.24, 2.45) is 0 Å². The number of carbonyl (C=O) groups excluding carboxylic acids is 2. The molecule has 1 aliphatic rings. The molecule has 0 spiro atoms. The van der Waals surface area contributed by atoms with Crippen molar-refractivity contribution in [2.75, 3.05) is 0 Å². The van der Waals surface area contributed by atoms with Gasteiger partial charge in [-0.15, -0.1) is 0 Å². The second-order valence-electron chi connectivity index (χ2n) is 7.91. The second-order valence-corrected chi connectivity index (χ2v) is 7.91. The van der Waals surface area contributed by atoms with Crippen molar-refractivity contribution in [1.29, 1.82) is 0 Å². The van der Waals surface area contributed by atoms with Crippen LogP contribution >= 0.6 is 0 Å². The van der Waals surface area contributed by atoms with Crippen molar-refractivity contribution in [3.05, 3.63) is 82.9 Å². The summed E-state index contributed by atoms with van der Waals surface area (Å²) in [5.41, 5.74) is 5.52. The number of carbonyl (C=O) groups is 2. The SMILES string of the molecule is Cc1c(-c2ccc(Cc3nccc(C(C)F)n3)cc2)cccc1C1CCC(=O)NC1=O. The van der Waals surface area contributed by atoms with Gasteiger partial charge in [-0.25, -0.2) is 14.4 Å². The maximum Gasteiger partial charge on any atom is 0.234 e. The zero-order valence-corrected chi connectivity index (χ0v) is 17.6. The van der Waals surface area contributed by atoms with E-state index in [0.29, 0.717) is 30.8 Å². The summed E-state index contributed by atoms with van der Waals surface area (Å²) in [6, 6.07) is 15.6. The van der Waals surface area contributed by atoms with Crippen LogP contribution in [0, 0.1) is 6.92 Å². The lowest BCUT2D eigenvalue weighted by molar-refractivity contribution is -0.134. The zero-order chi connectivity index (χ0) is 22.0. The van der Waals surface area contributed by atoms with E-state index in [0.717, 1.165) is 27.8 Å². The summed E-state index contributed by atoms with van der Waals surface area (Å²) in [5.74, 6) is -0.150. The van der Waals surface area contributed by atoms with Gasteiger partial charge < -0.3 is 0 Å². The molecular weight excluding hydrogens is 393 g/mol. The van der Waals surface area contributed by atoms with E-state index >= 15 is 0 Å². The fraction of sp³-hybridized carbons (Fsp3) is 0.280. The quantitative estimate of drug-likeness (QED) is 0.616. The summed E-state index contributed by atoms with van der Waals surface area (Å²) in [7, 11) is 0. The molecule has 2 aromatic carbocycles. The third-order valence-corrected chi connectivity index (χ3v) is 5.75. The highest BCUT2D eigenvalue weighted by atomic mass is 19.1. The average molecular weight is 417 g/mol. The Hall–Kier alpha value is -3.41. The number of halogens is 1. The molecule has 2 heterocycles. The van der Waals surface area contributed by atoms with Gasteiger partial charge in [0.25, 0.3) is 0 Å². The number of piperidine rings is 1. The minimum absolute atomic E-state index is 0.207. The monoisotopic (exact) mass is 417 g/mol. The first kappa shape index (κ1) is 20.8. The van der Waals surface area contributed by atoms with Crippen LogP contribution in [0.15, 0.2) is 54.7 Å². The summed E-state index contributed by atoms with van der Waals surface area (Å²) in [6.45, 7) is 3.48. The van der Waals surface area contributed by atoms with Gasteiger partial charge in [0, 0.05) is 19.0 Å². The number of aromatic nitrogens is 2. The Morgan fingerprint density at radius 1 is 1.13 bits per heavy atom. The summed E-state index contributed by atoms with van der Waals surface area (Å²) in [6.07, 6.45) is 1.88. The highest BCUT2D eigenvalue weighted by Crippen LogP contribution is 2.33. The molecule has 31 heavy (non-hydrogen) atoms. The third-order valence-electron chi connectivity index (χ3n) is 5.75. The lowest BCUT2D eigenvalue weighted by Crippen LogP contribution is -2.39. The minimum atomic E-state index is -1.12. The Balaban J connectivity index is 1.56. The molecule has 1 aromatic heterocycles. The van der Waals surface area contributed by atoms with Gasteiger partial charge in [-0.2, -0.15) is 0 Å². The molecule has 2 amide bonds. The van der Waals surface area contributed by atoms with Crippen LogP contribution in [-0.4, -0.2) is 21.8 Å². The molecule has 1 N–H and O–H groups in total. The van der Waals surface area contributed by atoms with Crippen LogP contribution in [0.4, 0.5) is 4.39 Å². The van der Waals surface area contributed by atoms with Gasteiger partial charge in [-0.05, 0) is 54.2 Å². The number of hydrogen-bond acceptors (Lipinski definition) is 4. The summed E-state index contributed by atoms with van der Waals surface area (Å²) in [4.78, 5) is 32.3. The number of amides is 2. The first-order valence-corrected chi connectivity index (χ1v) is 10.4. The van der Waals surface area contributed by atoms with Crippen LogP contribution in [0.25, 0.3) is 11.1 Å². The highest BCUT2D eigenvalue weighted by Gasteiger charge is 2.29. The van der Waals surface area contributed by atoms with E-state index in [2.05, 4.69) is 15.3 Å². The number of benzene rings is 2. The lowest BCUT2D eigenvalue weighted by Gasteiger charge is -2.23. The largest absolute Gasteiger partial charge is 0.296 e. The predicted octanol–water partition coefficient (Wildman–Crippen LogP) is 4.59. The molecular formula is C25H24FN3O2. The number of alkyl halides is 1. The van der Waals surface area contributed by atoms with E-state index in [9.17, 15) is 14.0 Å². The highest BCUT2D eigenvalue weighted by molar-refractivity contribution is 6.01. The molecule has 0 radical (unpaired) electrons. The van der Waals surface area contributed by atoms with E-state index in [-0.39, 0.29) is 17.7 Å². The molecule has 0 aliphatic carbocycles. The number of imide groups is 1. The maximum atomic E-state index is 13.5. The van der Waals surface area contributed by atoms with Gasteiger partial charge in [0.05, 0.1) is 11.6 Å². The fourth-order valence-corrected chi connectivity index (χ4v) is 4.04. The molecule has 1 saturated heterocycles. The summed E-state index contributed by atoms with van der Waals surface area (Å²) in [5, 5.41) is 2.44. The zero-order valence-electron chi connectivity index (χ0n) is 17.6. The van der Waals surface area contributed by atoms with Crippen molar-refractivity contribution in [3.8, 4) is 11.1 Å². The Kier molecular flexibility index (Phi) is 5.89. The summed E-state index contributed by atoms with van der Waals surface area (Å²) >= 11 is 0. The minimum Gasteiger partial charge on any atom is -0.296 e. The van der Waals surface area contributed by atoms with Crippen molar-refractivity contribution in [3.63, 3.8) is 0 Å². The van der Waals surface area contributed by atoms with Crippen molar-refractivity contribution in [1.82, 2.24) is 15.3 Å². The van der Waals surface area contributed by atoms with Crippen LogP contribution in [0.5, 0.6) is 0 Å². The van der Waals surface area contributed by atoms with Gasteiger partial charge in [-0.3, -0.25) is 14.9 Å². The van der Waals surface area contributed by atoms with Crippen LogP contribution in [0.1, 0.15) is 60.1 Å². The fourth-order valence-electron chi connectivity index (χ4n) is 4.04. The molecule has 0 saturated carbocycles. The van der Waals surface area contributed by atoms with Gasteiger partial charge in [0.1, 0.15) is 12.0 Å². The molecule has 2 atom stereocenters. The first-order valence-electron chi connectivity index (χ1n) is 10.4. The Bertz CT molecular complexity index is 1130. The van der Waals surface area contributed by atoms with Crippen molar-refractivity contribution in [2.45, 2.75) is 45.2 Å². The van der Waals surface area contributed by atoms with Crippen molar-refractivity contribution >= 4 is 11.8 Å². The first-order chi connectivity index (χ1) is 14.9. The number of nitrogens with one attached hydrogen (secondary N) is 1. The van der Waals surface area contributed by atoms with Crippen LogP contribution in [0.3, 0.4) is 0 Å². The Morgan fingerprint density at radius 2 is 1.90 bits per heavy atom. The van der Waals surface area contributed by atoms with Gasteiger partial charge in [0.15, 0.2) is 0 Å². The Labute approximate surface area is 180 Å². The van der Waals surface area contributed by atoms with E-state index in [1.807, 2.05) is 49.4 Å². The van der Waals surface area contributed by atoms with Gasteiger partial charge in [-0.1, -0.05) is 42.5 Å². The maximum absolute atomic E-state index is 13.5. The third kappa shape index (κ3) is 4.53. The predicted molar refractivity (Wildman–Crippen MR) is 116 cm³/mol. The molecule has 158 valence electrons. The number of rotatable bonds is 5. The molecule has 1 aliphatic heterocycles. The lowest BCUT2D eigenvalue weighted by atomic mass is 9.85. The normalized spacial score (nSPS) is 17.3. The molecule has 6 heteroatoms. The summed E-state index contributed by atoms with van der Waals surface area (Å²) < 4.78 is 13.5. The number of hydrogen-bond donors (Lipinski definition) is 1. The van der Waals surface area contributed by atoms with E-state index in [4.69, 9.17) is 0 Å². The van der Waals surface area contributed by atoms with Crippen LogP contribution < -0.4 is 5.32 Å². The van der Waals surface area contributed by atoms with Gasteiger partial charge in [0.2, 0.25) is 11.8 Å². The number of nitrogens with zero attached hydrogens (tertiary/aromatic N) is 2. The second kappa shape index (κ2) is 8.76. The molecule has 4 rings (SSSR count). The van der Waals surface area contributed by atoms with E-state index in [1.54, 1.807) is 12.3 Å². The van der Waals surface area contributed by atoms with E-state index in [1.165, 1.54) is 6.92 Å². The molecule has 1 fully saturated rings. The molecule has 0 bridgehead atoms. The average Bonchev–Trinajstić information content (AvgIpc) is 2.75. The molecule has 3 aromatic rings. The Morgan fingerprint density at radius 3 is 2.61 bits per heavy atom. The van der Waals surface area contributed by atoms with Crippen molar-refractivity contribution < 1.29 is 14.0 Å². The molecule has 5 nitrogen and oxygen atoms in total. The van der Waals surface area contributed by atoms with Crippen LogP contribution in [-0.2, 0) is 16.0 Å². The van der Waals surface area contributed by atoms with Crippen LogP contribution in [0.2, 0.25) is 0 Å². The van der Waals surface area contributed by atoms with E-state index < -0.39 is 6.17 Å². The topological polar surface area (TPSA) is 72.0 Å². The molecule has 2 unspecified atom stereocenters.